The Morgan fingerprint density at radius 2 is 1.65 bits per heavy atom. The van der Waals surface area contributed by atoms with E-state index in [1.807, 2.05) is 13.8 Å². The number of hydrogen-bond donors (Lipinski definition) is 1. The summed E-state index contributed by atoms with van der Waals surface area (Å²) in [5, 5.41) is 0. The van der Waals surface area contributed by atoms with Gasteiger partial charge >= 0.3 is 0 Å². The minimum Gasteiger partial charge on any atom is -0.451 e. The molecule has 1 unspecified atom stereocenters. The van der Waals surface area contributed by atoms with Gasteiger partial charge in [0.15, 0.2) is 17.4 Å². The zero-order chi connectivity index (χ0) is 14.7. The molecule has 2 N–H and O–H groups in total. The first-order valence-corrected chi connectivity index (χ1v) is 6.47. The van der Waals surface area contributed by atoms with E-state index in [2.05, 4.69) is 0 Å². The fourth-order valence-electron chi connectivity index (χ4n) is 1.86. The summed E-state index contributed by atoms with van der Waals surface area (Å²) in [6, 6.07) is 10.6. The summed E-state index contributed by atoms with van der Waals surface area (Å²) < 4.78 is 33.5. The molecule has 0 aromatic heterocycles. The van der Waals surface area contributed by atoms with Crippen LogP contribution in [0, 0.1) is 17.6 Å². The summed E-state index contributed by atoms with van der Waals surface area (Å²) in [4.78, 5) is 0. The van der Waals surface area contributed by atoms with E-state index in [-0.39, 0.29) is 11.5 Å². The van der Waals surface area contributed by atoms with Gasteiger partial charge in [-0.2, -0.15) is 0 Å². The average Bonchev–Trinajstić information content (AvgIpc) is 2.44. The maximum Gasteiger partial charge on any atom is 0.198 e. The molecule has 0 radical (unpaired) electrons. The first-order chi connectivity index (χ1) is 9.50. The highest BCUT2D eigenvalue weighted by molar-refractivity contribution is 5.38. The van der Waals surface area contributed by atoms with Crippen molar-refractivity contribution in [3.05, 3.63) is 59.7 Å². The van der Waals surface area contributed by atoms with Gasteiger partial charge in [-0.3, -0.25) is 0 Å². The molecule has 0 saturated carbocycles. The van der Waals surface area contributed by atoms with Gasteiger partial charge in [-0.15, -0.1) is 0 Å². The molecule has 1 atom stereocenters. The summed E-state index contributed by atoms with van der Waals surface area (Å²) in [6.07, 6.45) is 0. The monoisotopic (exact) mass is 277 g/mol. The second kappa shape index (κ2) is 6.01. The largest absolute Gasteiger partial charge is 0.451 e. The summed E-state index contributed by atoms with van der Waals surface area (Å²) in [5.74, 6) is -1.48. The van der Waals surface area contributed by atoms with Crippen LogP contribution in [0.4, 0.5) is 8.78 Å². The number of nitrogens with two attached hydrogens (primary N) is 1. The molecule has 0 heterocycles. The van der Waals surface area contributed by atoms with Crippen LogP contribution in [0.3, 0.4) is 0 Å². The van der Waals surface area contributed by atoms with Crippen molar-refractivity contribution in [2.75, 3.05) is 0 Å². The average molecular weight is 277 g/mol. The van der Waals surface area contributed by atoms with Gasteiger partial charge < -0.3 is 10.5 Å². The smallest absolute Gasteiger partial charge is 0.198 e. The minimum atomic E-state index is -0.744. The molecule has 4 heteroatoms. The Morgan fingerprint density at radius 1 is 1.00 bits per heavy atom. The van der Waals surface area contributed by atoms with Crippen LogP contribution in [-0.2, 0) is 0 Å². The van der Waals surface area contributed by atoms with Crippen LogP contribution in [0.25, 0.3) is 0 Å². The zero-order valence-electron chi connectivity index (χ0n) is 11.4. The highest BCUT2D eigenvalue weighted by Crippen LogP contribution is 2.33. The zero-order valence-corrected chi connectivity index (χ0v) is 11.4. The molecule has 0 aliphatic rings. The van der Waals surface area contributed by atoms with Gasteiger partial charge in [-0.05, 0) is 24.1 Å². The van der Waals surface area contributed by atoms with Gasteiger partial charge in [0.1, 0.15) is 5.75 Å². The van der Waals surface area contributed by atoms with Gasteiger partial charge in [0.2, 0.25) is 0 Å². The van der Waals surface area contributed by atoms with E-state index < -0.39 is 23.4 Å². The fourth-order valence-corrected chi connectivity index (χ4v) is 1.86. The predicted octanol–water partition coefficient (Wildman–Crippen LogP) is 4.41. The van der Waals surface area contributed by atoms with Crippen LogP contribution >= 0.6 is 0 Å². The van der Waals surface area contributed by atoms with Crippen LogP contribution in [0.15, 0.2) is 42.5 Å². The quantitative estimate of drug-likeness (QED) is 0.898. The highest BCUT2D eigenvalue weighted by atomic mass is 19.1. The Morgan fingerprint density at radius 3 is 2.25 bits per heavy atom. The Balaban J connectivity index is 2.40. The molecule has 0 fully saturated rings. The van der Waals surface area contributed by atoms with E-state index in [9.17, 15) is 8.78 Å². The molecule has 0 aliphatic carbocycles. The fraction of sp³-hybridized carbons (Fsp3) is 0.250. The van der Waals surface area contributed by atoms with E-state index in [0.717, 1.165) is 0 Å². The van der Waals surface area contributed by atoms with E-state index >= 15 is 0 Å². The van der Waals surface area contributed by atoms with Crippen LogP contribution in [0.1, 0.15) is 25.5 Å². The molecule has 106 valence electrons. The topological polar surface area (TPSA) is 35.2 Å². The van der Waals surface area contributed by atoms with E-state index in [1.54, 1.807) is 30.3 Å². The molecule has 0 aliphatic heterocycles. The summed E-state index contributed by atoms with van der Waals surface area (Å²) in [6.45, 7) is 3.76. The summed E-state index contributed by atoms with van der Waals surface area (Å²) >= 11 is 0. The first kappa shape index (κ1) is 14.5. The Labute approximate surface area is 117 Å². The molecular formula is C16H17F2NO. The molecule has 2 rings (SSSR count). The van der Waals surface area contributed by atoms with Gasteiger partial charge in [0.05, 0.1) is 0 Å². The van der Waals surface area contributed by atoms with E-state index in [1.165, 1.54) is 12.1 Å². The number of rotatable bonds is 4. The SMILES string of the molecule is CC(C)C(N)c1ccc(F)c(Oc2ccccc2)c1F. The van der Waals surface area contributed by atoms with Crippen molar-refractivity contribution in [1.29, 1.82) is 0 Å². The van der Waals surface area contributed by atoms with Crippen LogP contribution < -0.4 is 10.5 Å². The number of para-hydroxylation sites is 1. The molecular weight excluding hydrogens is 260 g/mol. The maximum atomic E-state index is 14.4. The van der Waals surface area contributed by atoms with Crippen molar-refractivity contribution in [2.45, 2.75) is 19.9 Å². The molecule has 0 spiro atoms. The summed E-state index contributed by atoms with van der Waals surface area (Å²) in [7, 11) is 0. The molecule has 2 aromatic carbocycles. The third-order valence-electron chi connectivity index (χ3n) is 3.12. The van der Waals surface area contributed by atoms with Crippen LogP contribution in [0.2, 0.25) is 0 Å². The minimum absolute atomic E-state index is 0.0412. The van der Waals surface area contributed by atoms with E-state index in [0.29, 0.717) is 5.75 Å². The van der Waals surface area contributed by atoms with Crippen molar-refractivity contribution < 1.29 is 13.5 Å². The Bertz CT molecular complexity index is 585. The lowest BCUT2D eigenvalue weighted by Gasteiger charge is -2.18. The highest BCUT2D eigenvalue weighted by Gasteiger charge is 2.21. The number of halogens is 2. The third kappa shape index (κ3) is 2.96. The van der Waals surface area contributed by atoms with Crippen molar-refractivity contribution in [3.63, 3.8) is 0 Å². The molecule has 2 aromatic rings. The van der Waals surface area contributed by atoms with Crippen molar-refractivity contribution >= 4 is 0 Å². The van der Waals surface area contributed by atoms with Gasteiger partial charge in [-0.25, -0.2) is 8.78 Å². The number of benzene rings is 2. The second-order valence-electron chi connectivity index (χ2n) is 4.96. The maximum absolute atomic E-state index is 14.4. The molecule has 0 bridgehead atoms. The van der Waals surface area contributed by atoms with Crippen LogP contribution in [-0.4, -0.2) is 0 Å². The van der Waals surface area contributed by atoms with Gasteiger partial charge in [0, 0.05) is 11.6 Å². The van der Waals surface area contributed by atoms with Crippen LogP contribution in [0.5, 0.6) is 11.5 Å². The lowest BCUT2D eigenvalue weighted by Crippen LogP contribution is -2.18. The standard InChI is InChI=1S/C16H17F2NO/c1-10(2)15(19)12-8-9-13(17)16(14(12)18)20-11-6-4-3-5-7-11/h3-10,15H,19H2,1-2H3. The summed E-state index contributed by atoms with van der Waals surface area (Å²) in [5.41, 5.74) is 6.19. The normalized spacial score (nSPS) is 12.5. The van der Waals surface area contributed by atoms with E-state index in [4.69, 9.17) is 10.5 Å². The van der Waals surface area contributed by atoms with Crippen molar-refractivity contribution in [1.82, 2.24) is 0 Å². The Kier molecular flexibility index (Phi) is 4.35. The molecule has 0 saturated heterocycles. The van der Waals surface area contributed by atoms with Gasteiger partial charge in [-0.1, -0.05) is 38.1 Å². The first-order valence-electron chi connectivity index (χ1n) is 6.47. The molecule has 0 amide bonds. The number of hydrogen-bond acceptors (Lipinski definition) is 2. The molecule has 20 heavy (non-hydrogen) atoms. The third-order valence-corrected chi connectivity index (χ3v) is 3.12. The number of ether oxygens (including phenoxy) is 1. The Hall–Kier alpha value is -1.94. The lowest BCUT2D eigenvalue weighted by atomic mass is 9.96. The van der Waals surface area contributed by atoms with Crippen molar-refractivity contribution in [3.8, 4) is 11.5 Å². The predicted molar refractivity (Wildman–Crippen MR) is 74.6 cm³/mol. The second-order valence-corrected chi connectivity index (χ2v) is 4.96. The molecule has 2 nitrogen and oxygen atoms in total. The lowest BCUT2D eigenvalue weighted by molar-refractivity contribution is 0.394. The van der Waals surface area contributed by atoms with Gasteiger partial charge in [0.25, 0.3) is 0 Å². The van der Waals surface area contributed by atoms with Crippen molar-refractivity contribution in [2.24, 2.45) is 11.7 Å².